The van der Waals surface area contributed by atoms with Crippen LogP contribution in [0.15, 0.2) is 30.5 Å². The summed E-state index contributed by atoms with van der Waals surface area (Å²) in [6, 6.07) is 6.27. The van der Waals surface area contributed by atoms with Crippen LogP contribution in [0.5, 0.6) is 0 Å². The van der Waals surface area contributed by atoms with Gasteiger partial charge in [0, 0.05) is 17.4 Å². The summed E-state index contributed by atoms with van der Waals surface area (Å²) in [5.74, 6) is -0.519. The Hall–Kier alpha value is -2.76. The molecule has 0 aliphatic heterocycles. The minimum Gasteiger partial charge on any atom is -0.322 e. The van der Waals surface area contributed by atoms with Gasteiger partial charge in [-0.1, -0.05) is 19.9 Å². The highest BCUT2D eigenvalue weighted by Gasteiger charge is 2.19. The van der Waals surface area contributed by atoms with Crippen molar-refractivity contribution in [1.82, 2.24) is 14.8 Å². The van der Waals surface area contributed by atoms with Crippen molar-refractivity contribution >= 4 is 22.6 Å². The number of aryl methyl sites for hydroxylation is 1. The first-order valence-electron chi connectivity index (χ1n) is 8.73. The number of amides is 1. The molecule has 0 bridgehead atoms. The zero-order chi connectivity index (χ0) is 19.0. The van der Waals surface area contributed by atoms with Gasteiger partial charge in [0.2, 0.25) is 0 Å². The van der Waals surface area contributed by atoms with Crippen LogP contribution in [0.3, 0.4) is 0 Å². The van der Waals surface area contributed by atoms with Gasteiger partial charge in [-0.2, -0.15) is 5.10 Å². The lowest BCUT2D eigenvalue weighted by Crippen LogP contribution is -2.15. The number of anilines is 1. The van der Waals surface area contributed by atoms with Crippen molar-refractivity contribution in [3.63, 3.8) is 0 Å². The van der Waals surface area contributed by atoms with Crippen molar-refractivity contribution in [2.75, 3.05) is 5.32 Å². The summed E-state index contributed by atoms with van der Waals surface area (Å²) < 4.78 is 15.4. The third kappa shape index (κ3) is 3.31. The quantitative estimate of drug-likeness (QED) is 0.729. The Morgan fingerprint density at radius 1 is 1.19 bits per heavy atom. The lowest BCUT2D eigenvalue weighted by molar-refractivity contribution is 0.102. The van der Waals surface area contributed by atoms with Crippen LogP contribution < -0.4 is 5.32 Å². The van der Waals surface area contributed by atoms with Crippen LogP contribution >= 0.6 is 0 Å². The maximum Gasteiger partial charge on any atom is 0.256 e. The smallest absolute Gasteiger partial charge is 0.256 e. The molecule has 136 valence electrons. The van der Waals surface area contributed by atoms with Crippen LogP contribution in [0.1, 0.15) is 61.3 Å². The fourth-order valence-electron chi connectivity index (χ4n) is 2.82. The van der Waals surface area contributed by atoms with Crippen LogP contribution in [0, 0.1) is 12.7 Å². The number of hydrogen-bond acceptors (Lipinski definition) is 3. The molecule has 3 rings (SSSR count). The lowest BCUT2D eigenvalue weighted by atomic mass is 10.0. The molecule has 6 heteroatoms. The molecule has 0 aliphatic carbocycles. The third-order valence-electron chi connectivity index (χ3n) is 4.36. The number of fused-ring (bicyclic) bond motifs is 1. The monoisotopic (exact) mass is 354 g/mol. The fraction of sp³-hybridized carbons (Fsp3) is 0.350. The summed E-state index contributed by atoms with van der Waals surface area (Å²) >= 11 is 0. The summed E-state index contributed by atoms with van der Waals surface area (Å²) in [6.45, 7) is 9.93. The highest BCUT2D eigenvalue weighted by Crippen LogP contribution is 2.26. The van der Waals surface area contributed by atoms with E-state index in [1.165, 1.54) is 12.1 Å². The third-order valence-corrected chi connectivity index (χ3v) is 4.36. The van der Waals surface area contributed by atoms with E-state index in [1.807, 2.05) is 39.3 Å². The maximum absolute atomic E-state index is 13.5. The van der Waals surface area contributed by atoms with Gasteiger partial charge in [-0.25, -0.2) is 14.1 Å². The number of benzene rings is 1. The van der Waals surface area contributed by atoms with E-state index in [-0.39, 0.29) is 23.7 Å². The molecule has 2 heterocycles. The number of rotatable bonds is 4. The van der Waals surface area contributed by atoms with Crippen LogP contribution in [0.25, 0.3) is 11.0 Å². The predicted molar refractivity (Wildman–Crippen MR) is 101 cm³/mol. The van der Waals surface area contributed by atoms with Crippen molar-refractivity contribution in [1.29, 1.82) is 0 Å². The van der Waals surface area contributed by atoms with E-state index in [4.69, 9.17) is 4.98 Å². The highest BCUT2D eigenvalue weighted by molar-refractivity contribution is 6.12. The zero-order valence-electron chi connectivity index (χ0n) is 15.7. The molecular formula is C20H23FN4O. The number of hydrogen-bond donors (Lipinski definition) is 1. The first kappa shape index (κ1) is 18.0. The second kappa shape index (κ2) is 6.86. The fourth-order valence-corrected chi connectivity index (χ4v) is 2.82. The number of aromatic nitrogens is 3. The van der Waals surface area contributed by atoms with E-state index in [0.29, 0.717) is 22.3 Å². The van der Waals surface area contributed by atoms with Crippen molar-refractivity contribution in [2.24, 2.45) is 0 Å². The number of halogens is 1. The summed E-state index contributed by atoms with van der Waals surface area (Å²) in [5, 5.41) is 7.90. The topological polar surface area (TPSA) is 59.8 Å². The minimum atomic E-state index is -0.388. The average molecular weight is 354 g/mol. The normalized spacial score (nSPS) is 11.5. The Kier molecular flexibility index (Phi) is 4.76. The Morgan fingerprint density at radius 2 is 1.92 bits per heavy atom. The first-order valence-corrected chi connectivity index (χ1v) is 8.73. The molecule has 0 fully saturated rings. The molecule has 1 amide bonds. The predicted octanol–water partition coefficient (Wildman–Crippen LogP) is 4.84. The van der Waals surface area contributed by atoms with Crippen molar-refractivity contribution in [3.05, 3.63) is 53.1 Å². The van der Waals surface area contributed by atoms with Crippen LogP contribution in [0.4, 0.5) is 10.1 Å². The van der Waals surface area contributed by atoms with E-state index in [9.17, 15) is 9.18 Å². The van der Waals surface area contributed by atoms with Gasteiger partial charge >= 0.3 is 0 Å². The molecule has 1 aromatic carbocycles. The second-order valence-electron chi connectivity index (χ2n) is 7.08. The van der Waals surface area contributed by atoms with E-state index in [0.717, 1.165) is 11.3 Å². The number of nitrogens with one attached hydrogen (secondary N) is 1. The Balaban J connectivity index is 2.11. The van der Waals surface area contributed by atoms with Crippen LogP contribution in [-0.4, -0.2) is 20.7 Å². The Bertz CT molecular complexity index is 975. The van der Waals surface area contributed by atoms with Crippen LogP contribution in [-0.2, 0) is 0 Å². The second-order valence-corrected chi connectivity index (χ2v) is 7.08. The summed E-state index contributed by atoms with van der Waals surface area (Å²) in [7, 11) is 0. The molecule has 5 nitrogen and oxygen atoms in total. The van der Waals surface area contributed by atoms with Gasteiger partial charge in [0.05, 0.1) is 17.1 Å². The molecule has 0 aliphatic rings. The number of nitrogens with zero attached hydrogens (tertiary/aromatic N) is 3. The molecule has 3 aromatic rings. The number of pyridine rings is 1. The maximum atomic E-state index is 13.5. The van der Waals surface area contributed by atoms with E-state index < -0.39 is 0 Å². The molecule has 0 saturated heterocycles. The van der Waals surface area contributed by atoms with Crippen molar-refractivity contribution in [2.45, 2.75) is 46.6 Å². The molecule has 0 unspecified atom stereocenters. The summed E-state index contributed by atoms with van der Waals surface area (Å²) in [4.78, 5) is 17.6. The van der Waals surface area contributed by atoms with Gasteiger partial charge in [-0.3, -0.25) is 4.79 Å². The zero-order valence-corrected chi connectivity index (χ0v) is 15.7. The molecule has 0 radical (unpaired) electrons. The molecule has 0 spiro atoms. The molecule has 26 heavy (non-hydrogen) atoms. The molecule has 1 N–H and O–H groups in total. The number of carbonyl (C=O) groups is 1. The average Bonchev–Trinajstić information content (AvgIpc) is 3.01. The van der Waals surface area contributed by atoms with E-state index >= 15 is 0 Å². The molecular weight excluding hydrogens is 331 g/mol. The summed E-state index contributed by atoms with van der Waals surface area (Å²) in [6.07, 6.45) is 1.67. The highest BCUT2D eigenvalue weighted by atomic mass is 19.1. The largest absolute Gasteiger partial charge is 0.322 e. The first-order chi connectivity index (χ1) is 12.3. The number of carbonyl (C=O) groups excluding carboxylic acids is 1. The van der Waals surface area contributed by atoms with Gasteiger partial charge in [0.1, 0.15) is 5.82 Å². The van der Waals surface area contributed by atoms with Crippen LogP contribution in [0.2, 0.25) is 0 Å². The molecule has 2 aromatic heterocycles. The van der Waals surface area contributed by atoms with Crippen molar-refractivity contribution in [3.8, 4) is 0 Å². The summed E-state index contributed by atoms with van der Waals surface area (Å²) in [5.41, 5.74) is 3.26. The van der Waals surface area contributed by atoms with Gasteiger partial charge in [0.25, 0.3) is 5.91 Å². The van der Waals surface area contributed by atoms with Crippen molar-refractivity contribution < 1.29 is 9.18 Å². The SMILES string of the molecule is Cc1ccc(F)cc1NC(=O)c1cc(C(C)C)nc2c1cnn2C(C)C. The van der Waals surface area contributed by atoms with E-state index in [2.05, 4.69) is 10.4 Å². The van der Waals surface area contributed by atoms with Gasteiger partial charge in [-0.05, 0) is 50.5 Å². The Morgan fingerprint density at radius 3 is 2.58 bits per heavy atom. The Labute approximate surface area is 152 Å². The van der Waals surface area contributed by atoms with E-state index in [1.54, 1.807) is 18.3 Å². The molecule has 0 saturated carbocycles. The molecule has 0 atom stereocenters. The standard InChI is InChI=1S/C20H23FN4O/c1-11(2)17-9-15(16-10-22-25(12(3)4)19(16)23-17)20(26)24-18-8-14(21)7-6-13(18)5/h6-12H,1-5H3,(H,24,26). The van der Waals surface area contributed by atoms with Gasteiger partial charge in [-0.15, -0.1) is 0 Å². The lowest BCUT2D eigenvalue weighted by Gasteiger charge is -2.13. The van der Waals surface area contributed by atoms with Gasteiger partial charge < -0.3 is 5.32 Å². The van der Waals surface area contributed by atoms with Gasteiger partial charge in [0.15, 0.2) is 5.65 Å². The minimum absolute atomic E-state index is 0.129.